The maximum atomic E-state index is 12.9. The molecule has 0 spiro atoms. The number of hydrogen-bond donors (Lipinski definition) is 1. The van der Waals surface area contributed by atoms with Crippen LogP contribution in [0.5, 0.6) is 0 Å². The molecule has 0 aromatic rings. The number of nitrogens with zero attached hydrogens (tertiary/aromatic N) is 2. The Bertz CT molecular complexity index is 389. The van der Waals surface area contributed by atoms with Gasteiger partial charge in [0, 0.05) is 37.6 Å². The van der Waals surface area contributed by atoms with Crippen molar-refractivity contribution in [3.05, 3.63) is 0 Å². The Morgan fingerprint density at radius 1 is 1.33 bits per heavy atom. The molecule has 122 valence electrons. The van der Waals surface area contributed by atoms with Crippen LogP contribution in [0, 0.1) is 5.41 Å². The van der Waals surface area contributed by atoms with Crippen LogP contribution in [-0.4, -0.2) is 67.2 Å². The fourth-order valence-corrected chi connectivity index (χ4v) is 3.67. The van der Waals surface area contributed by atoms with E-state index in [0.29, 0.717) is 19.1 Å². The number of hydrogen-bond acceptors (Lipinski definition) is 4. The maximum Gasteiger partial charge on any atom is 0.243 e. The third-order valence-electron chi connectivity index (χ3n) is 5.69. The van der Waals surface area contributed by atoms with Gasteiger partial charge in [-0.2, -0.15) is 0 Å². The van der Waals surface area contributed by atoms with Gasteiger partial charge in [-0.3, -0.25) is 4.79 Å². The Morgan fingerprint density at radius 3 is 2.33 bits per heavy atom. The molecule has 1 aliphatic carbocycles. The van der Waals surface area contributed by atoms with E-state index < -0.39 is 5.54 Å². The number of rotatable bonds is 4. The molecule has 21 heavy (non-hydrogen) atoms. The summed E-state index contributed by atoms with van der Waals surface area (Å²) in [7, 11) is 4.21. The molecule has 5 heteroatoms. The van der Waals surface area contributed by atoms with E-state index >= 15 is 0 Å². The second-order valence-electron chi connectivity index (χ2n) is 7.33. The quantitative estimate of drug-likeness (QED) is 0.843. The van der Waals surface area contributed by atoms with E-state index in [0.717, 1.165) is 25.9 Å². The van der Waals surface area contributed by atoms with Crippen LogP contribution in [-0.2, 0) is 9.53 Å². The Kier molecular flexibility index (Phi) is 4.66. The van der Waals surface area contributed by atoms with Gasteiger partial charge in [0.1, 0.15) is 5.54 Å². The van der Waals surface area contributed by atoms with Crippen molar-refractivity contribution in [2.24, 2.45) is 11.1 Å². The van der Waals surface area contributed by atoms with Crippen LogP contribution in [0.25, 0.3) is 0 Å². The number of amides is 1. The monoisotopic (exact) mass is 297 g/mol. The maximum absolute atomic E-state index is 12.9. The van der Waals surface area contributed by atoms with Gasteiger partial charge in [0.25, 0.3) is 0 Å². The van der Waals surface area contributed by atoms with Gasteiger partial charge in [-0.1, -0.05) is 13.8 Å². The van der Waals surface area contributed by atoms with Gasteiger partial charge in [-0.25, -0.2) is 0 Å². The molecule has 1 heterocycles. The molecule has 1 amide bonds. The zero-order valence-corrected chi connectivity index (χ0v) is 14.2. The van der Waals surface area contributed by atoms with E-state index in [1.54, 1.807) is 0 Å². The lowest BCUT2D eigenvalue weighted by Crippen LogP contribution is -2.76. The van der Waals surface area contributed by atoms with Crippen LogP contribution in [0.2, 0.25) is 0 Å². The summed E-state index contributed by atoms with van der Waals surface area (Å²) < 4.78 is 5.72. The van der Waals surface area contributed by atoms with Gasteiger partial charge in [0.15, 0.2) is 0 Å². The minimum Gasteiger partial charge on any atom is -0.378 e. The summed E-state index contributed by atoms with van der Waals surface area (Å²) >= 11 is 0. The number of carbonyl (C=O) groups excluding carboxylic acids is 1. The minimum atomic E-state index is -0.766. The Balaban J connectivity index is 1.98. The van der Waals surface area contributed by atoms with Gasteiger partial charge in [0.05, 0.1) is 6.10 Å². The lowest BCUT2D eigenvalue weighted by atomic mass is 9.54. The van der Waals surface area contributed by atoms with Crippen molar-refractivity contribution in [2.75, 3.05) is 33.8 Å². The van der Waals surface area contributed by atoms with E-state index in [-0.39, 0.29) is 17.4 Å². The lowest BCUT2D eigenvalue weighted by Gasteiger charge is -2.59. The number of carbonyl (C=O) groups is 1. The third-order valence-corrected chi connectivity index (χ3v) is 5.69. The molecule has 0 bridgehead atoms. The van der Waals surface area contributed by atoms with Crippen LogP contribution < -0.4 is 5.73 Å². The van der Waals surface area contributed by atoms with Crippen LogP contribution in [0.3, 0.4) is 0 Å². The van der Waals surface area contributed by atoms with Crippen molar-refractivity contribution in [1.29, 1.82) is 0 Å². The van der Waals surface area contributed by atoms with Crippen molar-refractivity contribution < 1.29 is 9.53 Å². The molecule has 1 aliphatic heterocycles. The number of piperidine rings is 1. The average Bonchev–Trinajstić information content (AvgIpc) is 2.46. The molecule has 1 saturated heterocycles. The molecule has 0 aromatic carbocycles. The van der Waals surface area contributed by atoms with Crippen LogP contribution in [0.15, 0.2) is 0 Å². The zero-order valence-electron chi connectivity index (χ0n) is 14.2. The normalized spacial score (nSPS) is 33.1. The predicted molar refractivity (Wildman–Crippen MR) is 84.0 cm³/mol. The Labute approximate surface area is 128 Å². The first kappa shape index (κ1) is 16.7. The molecule has 2 rings (SSSR count). The fourth-order valence-electron chi connectivity index (χ4n) is 3.67. The first-order valence-electron chi connectivity index (χ1n) is 8.10. The summed E-state index contributed by atoms with van der Waals surface area (Å²) in [6.07, 6.45) is 2.80. The largest absolute Gasteiger partial charge is 0.378 e. The molecule has 2 aliphatic rings. The summed E-state index contributed by atoms with van der Waals surface area (Å²) in [4.78, 5) is 17.1. The Hall–Kier alpha value is -0.650. The van der Waals surface area contributed by atoms with Crippen molar-refractivity contribution >= 4 is 5.91 Å². The topological polar surface area (TPSA) is 58.8 Å². The highest BCUT2D eigenvalue weighted by molar-refractivity contribution is 5.89. The fraction of sp³-hybridized carbons (Fsp3) is 0.938. The highest BCUT2D eigenvalue weighted by Crippen LogP contribution is 2.50. The second kappa shape index (κ2) is 5.86. The van der Waals surface area contributed by atoms with E-state index in [1.165, 1.54) is 0 Å². The molecule has 2 N–H and O–H groups in total. The number of ether oxygens (including phenoxy) is 1. The van der Waals surface area contributed by atoms with E-state index in [2.05, 4.69) is 32.8 Å². The first-order chi connectivity index (χ1) is 9.74. The SMILES string of the molecule is CCOC1CC(N)(C(=O)N2CCC(N(C)C)CC2)C1(C)C. The summed E-state index contributed by atoms with van der Waals surface area (Å²) in [5.74, 6) is 0.112. The van der Waals surface area contributed by atoms with Crippen LogP contribution in [0.1, 0.15) is 40.0 Å². The predicted octanol–water partition coefficient (Wildman–Crippen LogP) is 1.07. The molecule has 0 aromatic heterocycles. The molecular weight excluding hydrogens is 266 g/mol. The second-order valence-corrected chi connectivity index (χ2v) is 7.33. The van der Waals surface area contributed by atoms with Gasteiger partial charge < -0.3 is 20.3 Å². The molecule has 2 fully saturated rings. The average molecular weight is 297 g/mol. The van der Waals surface area contributed by atoms with Crippen LogP contribution >= 0.6 is 0 Å². The number of nitrogens with two attached hydrogens (primary N) is 1. The molecule has 0 radical (unpaired) electrons. The minimum absolute atomic E-state index is 0.0933. The van der Waals surface area contributed by atoms with Crippen LogP contribution in [0.4, 0.5) is 0 Å². The smallest absolute Gasteiger partial charge is 0.243 e. The third kappa shape index (κ3) is 2.71. The highest BCUT2D eigenvalue weighted by Gasteiger charge is 2.63. The van der Waals surface area contributed by atoms with E-state index in [9.17, 15) is 4.79 Å². The Morgan fingerprint density at radius 2 is 1.90 bits per heavy atom. The summed E-state index contributed by atoms with van der Waals surface area (Å²) in [6, 6.07) is 0.577. The molecule has 2 unspecified atom stereocenters. The molecule has 5 nitrogen and oxygen atoms in total. The lowest BCUT2D eigenvalue weighted by molar-refractivity contribution is -0.180. The van der Waals surface area contributed by atoms with Gasteiger partial charge in [0.2, 0.25) is 5.91 Å². The molecule has 1 saturated carbocycles. The molecular formula is C16H31N3O2. The summed E-state index contributed by atoms with van der Waals surface area (Å²) in [6.45, 7) is 8.40. The first-order valence-corrected chi connectivity index (χ1v) is 8.10. The van der Waals surface area contributed by atoms with Crippen molar-refractivity contribution in [1.82, 2.24) is 9.80 Å². The van der Waals surface area contributed by atoms with Crippen molar-refractivity contribution in [2.45, 2.75) is 57.7 Å². The molecule has 2 atom stereocenters. The van der Waals surface area contributed by atoms with Crippen molar-refractivity contribution in [3.8, 4) is 0 Å². The van der Waals surface area contributed by atoms with Gasteiger partial charge in [-0.15, -0.1) is 0 Å². The number of likely N-dealkylation sites (tertiary alicyclic amines) is 1. The van der Waals surface area contributed by atoms with Gasteiger partial charge in [-0.05, 0) is 33.9 Å². The van der Waals surface area contributed by atoms with Gasteiger partial charge >= 0.3 is 0 Å². The summed E-state index contributed by atoms with van der Waals surface area (Å²) in [5, 5.41) is 0. The van der Waals surface area contributed by atoms with E-state index in [1.807, 2.05) is 11.8 Å². The highest BCUT2D eigenvalue weighted by atomic mass is 16.5. The standard InChI is InChI=1S/C16H31N3O2/c1-6-21-13-11-16(17,15(13,2)3)14(20)19-9-7-12(8-10-19)18(4)5/h12-13H,6-11,17H2,1-5H3. The zero-order chi connectivity index (χ0) is 15.8. The van der Waals surface area contributed by atoms with Crippen molar-refractivity contribution in [3.63, 3.8) is 0 Å². The summed E-state index contributed by atoms with van der Waals surface area (Å²) in [5.41, 5.74) is 5.43. The van der Waals surface area contributed by atoms with E-state index in [4.69, 9.17) is 10.5 Å².